The highest BCUT2D eigenvalue weighted by molar-refractivity contribution is 5.85. The Morgan fingerprint density at radius 3 is 2.31 bits per heavy atom. The average Bonchev–Trinajstić information content (AvgIpc) is 2.14. The van der Waals surface area contributed by atoms with Gasteiger partial charge >= 0.3 is 0 Å². The van der Waals surface area contributed by atoms with Crippen LogP contribution in [0.3, 0.4) is 0 Å². The minimum atomic E-state index is -0.695. The predicted octanol–water partition coefficient (Wildman–Crippen LogP) is 2.65. The van der Waals surface area contributed by atoms with Crippen molar-refractivity contribution in [3.05, 3.63) is 35.6 Å². The molecule has 0 amide bonds. The highest BCUT2D eigenvalue weighted by Crippen LogP contribution is 2.28. The third-order valence-electron chi connectivity index (χ3n) is 2.46. The largest absolute Gasteiger partial charge is 0.391 e. The summed E-state index contributed by atoms with van der Waals surface area (Å²) < 4.78 is 13.0. The van der Waals surface area contributed by atoms with Gasteiger partial charge in [0.05, 0.1) is 12.1 Å². The van der Waals surface area contributed by atoms with Crippen molar-refractivity contribution in [2.45, 2.75) is 32.9 Å². The van der Waals surface area contributed by atoms with Crippen molar-refractivity contribution < 1.29 is 9.50 Å². The molecule has 0 aliphatic carbocycles. The van der Waals surface area contributed by atoms with Crippen molar-refractivity contribution >= 4 is 12.4 Å². The molecule has 0 heterocycles. The van der Waals surface area contributed by atoms with Crippen molar-refractivity contribution in [3.63, 3.8) is 0 Å². The third-order valence-corrected chi connectivity index (χ3v) is 2.46. The Morgan fingerprint density at radius 1 is 1.31 bits per heavy atom. The van der Waals surface area contributed by atoms with Crippen molar-refractivity contribution in [1.82, 2.24) is 0 Å². The number of nitrogens with two attached hydrogens (primary N) is 1. The average molecular weight is 248 g/mol. The summed E-state index contributed by atoms with van der Waals surface area (Å²) in [6.45, 7) is 5.70. The highest BCUT2D eigenvalue weighted by Gasteiger charge is 2.28. The van der Waals surface area contributed by atoms with E-state index >= 15 is 0 Å². The molecule has 0 radical (unpaired) electrons. The fourth-order valence-corrected chi connectivity index (χ4v) is 1.43. The van der Waals surface area contributed by atoms with E-state index in [1.54, 1.807) is 12.1 Å². The molecular weight excluding hydrogens is 229 g/mol. The van der Waals surface area contributed by atoms with E-state index in [-0.39, 0.29) is 23.6 Å². The van der Waals surface area contributed by atoms with Crippen LogP contribution in [0.25, 0.3) is 0 Å². The van der Waals surface area contributed by atoms with Gasteiger partial charge in [0.25, 0.3) is 0 Å². The monoisotopic (exact) mass is 247 g/mol. The second-order valence-electron chi connectivity index (χ2n) is 4.89. The second-order valence-corrected chi connectivity index (χ2v) is 4.89. The van der Waals surface area contributed by atoms with E-state index in [9.17, 15) is 9.50 Å². The molecular formula is C12H19ClFNO. The number of hydrogen-bond acceptors (Lipinski definition) is 2. The SMILES string of the molecule is CC(C)(C)[C@H](O)[C@H](N)c1cccc(F)c1.Cl. The van der Waals surface area contributed by atoms with Gasteiger partial charge in [-0.1, -0.05) is 32.9 Å². The Labute approximate surface area is 102 Å². The van der Waals surface area contributed by atoms with Gasteiger partial charge in [0.2, 0.25) is 0 Å². The maximum atomic E-state index is 13.0. The van der Waals surface area contributed by atoms with E-state index in [2.05, 4.69) is 0 Å². The van der Waals surface area contributed by atoms with Crippen LogP contribution < -0.4 is 5.73 Å². The molecule has 0 saturated carbocycles. The van der Waals surface area contributed by atoms with Crippen LogP contribution in [0.1, 0.15) is 32.4 Å². The number of halogens is 2. The Hall–Kier alpha value is -0.640. The summed E-state index contributed by atoms with van der Waals surface area (Å²) in [4.78, 5) is 0. The lowest BCUT2D eigenvalue weighted by Gasteiger charge is -2.31. The Morgan fingerprint density at radius 2 is 1.88 bits per heavy atom. The van der Waals surface area contributed by atoms with Crippen LogP contribution in [0.2, 0.25) is 0 Å². The first-order valence-corrected chi connectivity index (χ1v) is 5.01. The summed E-state index contributed by atoms with van der Waals surface area (Å²) in [5.74, 6) is -0.330. The molecule has 0 aliphatic rings. The van der Waals surface area contributed by atoms with Gasteiger partial charge in [-0.25, -0.2) is 4.39 Å². The van der Waals surface area contributed by atoms with Crippen molar-refractivity contribution in [1.29, 1.82) is 0 Å². The Bertz CT molecular complexity index is 338. The summed E-state index contributed by atoms with van der Waals surface area (Å²) in [5, 5.41) is 9.95. The molecule has 0 fully saturated rings. The summed E-state index contributed by atoms with van der Waals surface area (Å²) in [5.41, 5.74) is 6.19. The lowest BCUT2D eigenvalue weighted by Crippen LogP contribution is -2.36. The molecule has 4 heteroatoms. The van der Waals surface area contributed by atoms with Crippen LogP contribution in [-0.2, 0) is 0 Å². The van der Waals surface area contributed by atoms with Crippen LogP contribution in [-0.4, -0.2) is 11.2 Å². The number of benzene rings is 1. The molecule has 1 aromatic carbocycles. The van der Waals surface area contributed by atoms with Gasteiger partial charge in [-0.3, -0.25) is 0 Å². The first kappa shape index (κ1) is 15.4. The van der Waals surface area contributed by atoms with Gasteiger partial charge in [0.15, 0.2) is 0 Å². The lowest BCUT2D eigenvalue weighted by atomic mass is 9.82. The second kappa shape index (κ2) is 5.62. The van der Waals surface area contributed by atoms with E-state index in [1.165, 1.54) is 12.1 Å². The number of rotatable bonds is 2. The Kier molecular flexibility index (Phi) is 5.39. The maximum Gasteiger partial charge on any atom is 0.123 e. The smallest absolute Gasteiger partial charge is 0.123 e. The van der Waals surface area contributed by atoms with E-state index < -0.39 is 12.1 Å². The van der Waals surface area contributed by atoms with Crippen LogP contribution >= 0.6 is 12.4 Å². The van der Waals surface area contributed by atoms with E-state index in [1.807, 2.05) is 20.8 Å². The van der Waals surface area contributed by atoms with Crippen LogP contribution in [0.5, 0.6) is 0 Å². The van der Waals surface area contributed by atoms with E-state index in [0.29, 0.717) is 5.56 Å². The molecule has 0 spiro atoms. The molecule has 2 nitrogen and oxygen atoms in total. The fourth-order valence-electron chi connectivity index (χ4n) is 1.43. The van der Waals surface area contributed by atoms with Crippen LogP contribution in [0, 0.1) is 11.2 Å². The Balaban J connectivity index is 0.00000225. The number of aliphatic hydroxyl groups excluding tert-OH is 1. The van der Waals surface area contributed by atoms with Crippen molar-refractivity contribution in [2.75, 3.05) is 0 Å². The maximum absolute atomic E-state index is 13.0. The van der Waals surface area contributed by atoms with Crippen molar-refractivity contribution in [2.24, 2.45) is 11.1 Å². The molecule has 0 saturated heterocycles. The van der Waals surface area contributed by atoms with Gasteiger partial charge in [0, 0.05) is 0 Å². The summed E-state index contributed by atoms with van der Waals surface area (Å²) in [7, 11) is 0. The van der Waals surface area contributed by atoms with Gasteiger partial charge in [-0.05, 0) is 23.1 Å². The zero-order chi connectivity index (χ0) is 11.6. The van der Waals surface area contributed by atoms with E-state index in [0.717, 1.165) is 0 Å². The van der Waals surface area contributed by atoms with Crippen molar-refractivity contribution in [3.8, 4) is 0 Å². The molecule has 0 unspecified atom stereocenters. The highest BCUT2D eigenvalue weighted by atomic mass is 35.5. The van der Waals surface area contributed by atoms with Gasteiger partial charge in [-0.2, -0.15) is 0 Å². The molecule has 0 bridgehead atoms. The molecule has 2 atom stereocenters. The lowest BCUT2D eigenvalue weighted by molar-refractivity contribution is 0.0400. The molecule has 1 aromatic rings. The number of aliphatic hydroxyl groups is 1. The first-order chi connectivity index (χ1) is 6.82. The predicted molar refractivity (Wildman–Crippen MR) is 66.0 cm³/mol. The zero-order valence-electron chi connectivity index (χ0n) is 9.77. The van der Waals surface area contributed by atoms with Gasteiger partial charge < -0.3 is 10.8 Å². The normalized spacial score (nSPS) is 15.1. The first-order valence-electron chi connectivity index (χ1n) is 5.01. The molecule has 0 aliphatic heterocycles. The quantitative estimate of drug-likeness (QED) is 0.844. The van der Waals surface area contributed by atoms with Gasteiger partial charge in [0.1, 0.15) is 5.82 Å². The van der Waals surface area contributed by atoms with Gasteiger partial charge in [-0.15, -0.1) is 12.4 Å². The van der Waals surface area contributed by atoms with Crippen LogP contribution in [0.4, 0.5) is 4.39 Å². The summed E-state index contributed by atoms with van der Waals surface area (Å²) >= 11 is 0. The fraction of sp³-hybridized carbons (Fsp3) is 0.500. The minimum absolute atomic E-state index is 0. The topological polar surface area (TPSA) is 46.2 Å². The summed E-state index contributed by atoms with van der Waals surface area (Å²) in [6, 6.07) is 5.49. The molecule has 16 heavy (non-hydrogen) atoms. The molecule has 92 valence electrons. The van der Waals surface area contributed by atoms with E-state index in [4.69, 9.17) is 5.73 Å². The zero-order valence-corrected chi connectivity index (χ0v) is 10.6. The molecule has 1 rings (SSSR count). The minimum Gasteiger partial charge on any atom is -0.391 e. The number of hydrogen-bond donors (Lipinski definition) is 2. The third kappa shape index (κ3) is 3.74. The molecule has 0 aromatic heterocycles. The van der Waals surface area contributed by atoms with Crippen LogP contribution in [0.15, 0.2) is 24.3 Å². The molecule has 3 N–H and O–H groups in total. The summed E-state index contributed by atoms with van der Waals surface area (Å²) in [6.07, 6.45) is -0.695. The standard InChI is InChI=1S/C12H18FNO.ClH/c1-12(2,3)11(15)10(14)8-5-4-6-9(13)7-8;/h4-7,10-11,15H,14H2,1-3H3;1H/t10-,11-;/m1./s1.